The van der Waals surface area contributed by atoms with E-state index in [0.29, 0.717) is 33.9 Å². The normalized spacial score (nSPS) is 12.0. The number of benzene rings is 1. The standard InChI is InChI=1S/C15H18F2N4OS2/c1-3-21(8-9(2)22)15(23)18-14-20-19-13(24-14)6-10-4-11(16)7-12(17)5-10/h4-5,7,9,22H,3,6,8H2,1-2H3,(H,18,20,23)/t9-/m0/s1. The van der Waals surface area contributed by atoms with E-state index in [1.54, 1.807) is 6.92 Å². The Morgan fingerprint density at radius 1 is 1.33 bits per heavy atom. The molecule has 2 aromatic rings. The largest absolute Gasteiger partial charge is 0.392 e. The van der Waals surface area contributed by atoms with E-state index in [1.165, 1.54) is 23.5 Å². The third-order valence-corrected chi connectivity index (χ3v) is 4.31. The Morgan fingerprint density at radius 3 is 2.58 bits per heavy atom. The lowest BCUT2D eigenvalue weighted by Gasteiger charge is -2.24. The maximum Gasteiger partial charge on any atom is 0.211 e. The zero-order chi connectivity index (χ0) is 17.7. The van der Waals surface area contributed by atoms with Gasteiger partial charge >= 0.3 is 0 Å². The summed E-state index contributed by atoms with van der Waals surface area (Å²) in [6, 6.07) is 3.36. The van der Waals surface area contributed by atoms with Crippen LogP contribution in [0.25, 0.3) is 0 Å². The van der Waals surface area contributed by atoms with E-state index in [4.69, 9.17) is 12.2 Å². The fourth-order valence-electron chi connectivity index (χ4n) is 2.11. The Hall–Kier alpha value is -1.71. The van der Waals surface area contributed by atoms with Gasteiger partial charge in [-0.25, -0.2) is 8.78 Å². The highest BCUT2D eigenvalue weighted by atomic mass is 32.1. The fraction of sp³-hybridized carbons (Fsp3) is 0.400. The lowest BCUT2D eigenvalue weighted by atomic mass is 10.1. The Kier molecular flexibility index (Phi) is 6.52. The summed E-state index contributed by atoms with van der Waals surface area (Å²) < 4.78 is 26.4. The summed E-state index contributed by atoms with van der Waals surface area (Å²) in [5.41, 5.74) is 0.488. The highest BCUT2D eigenvalue weighted by molar-refractivity contribution is 7.80. The zero-order valence-electron chi connectivity index (χ0n) is 13.3. The minimum atomic E-state index is -0.620. The third kappa shape index (κ3) is 5.43. The topological polar surface area (TPSA) is 61.3 Å². The molecule has 2 N–H and O–H groups in total. The molecule has 1 heterocycles. The molecule has 24 heavy (non-hydrogen) atoms. The number of likely N-dealkylation sites (N-methyl/N-ethyl adjacent to an activating group) is 1. The molecule has 0 saturated heterocycles. The van der Waals surface area contributed by atoms with Crippen molar-refractivity contribution >= 4 is 33.8 Å². The first kappa shape index (κ1) is 18.6. The van der Waals surface area contributed by atoms with Crippen molar-refractivity contribution < 1.29 is 13.9 Å². The summed E-state index contributed by atoms with van der Waals surface area (Å²) in [6.07, 6.45) is -0.219. The van der Waals surface area contributed by atoms with E-state index in [1.807, 2.05) is 11.8 Å². The molecule has 1 aromatic heterocycles. The molecule has 2 rings (SSSR count). The highest BCUT2D eigenvalue weighted by Crippen LogP contribution is 2.20. The Labute approximate surface area is 148 Å². The van der Waals surface area contributed by atoms with E-state index in [9.17, 15) is 13.9 Å². The van der Waals surface area contributed by atoms with Crippen LogP contribution in [0.5, 0.6) is 0 Å². The first-order valence-corrected chi connectivity index (χ1v) is 8.61. The number of aliphatic hydroxyl groups excluding tert-OH is 1. The molecule has 0 aliphatic rings. The number of nitrogens with one attached hydrogen (secondary N) is 1. The lowest BCUT2D eigenvalue weighted by Crippen LogP contribution is -2.39. The minimum absolute atomic E-state index is 0.284. The van der Waals surface area contributed by atoms with Gasteiger partial charge in [0.05, 0.1) is 6.10 Å². The van der Waals surface area contributed by atoms with Crippen molar-refractivity contribution in [1.29, 1.82) is 0 Å². The van der Waals surface area contributed by atoms with Crippen molar-refractivity contribution in [2.75, 3.05) is 18.4 Å². The molecule has 0 bridgehead atoms. The summed E-state index contributed by atoms with van der Waals surface area (Å²) >= 11 is 6.55. The van der Waals surface area contributed by atoms with Crippen LogP contribution in [0.4, 0.5) is 13.9 Å². The monoisotopic (exact) mass is 372 g/mol. The maximum absolute atomic E-state index is 13.2. The zero-order valence-corrected chi connectivity index (χ0v) is 14.9. The number of rotatable bonds is 6. The number of aromatic nitrogens is 2. The Bertz CT molecular complexity index is 688. The van der Waals surface area contributed by atoms with Crippen molar-refractivity contribution in [3.8, 4) is 0 Å². The summed E-state index contributed by atoms with van der Waals surface area (Å²) in [5.74, 6) is -1.24. The van der Waals surface area contributed by atoms with Gasteiger partial charge in [0.15, 0.2) is 5.11 Å². The molecule has 0 unspecified atom stereocenters. The molecular weight excluding hydrogens is 354 g/mol. The molecule has 9 heteroatoms. The molecule has 0 aliphatic heterocycles. The summed E-state index contributed by atoms with van der Waals surface area (Å²) in [5, 5.41) is 22.0. The van der Waals surface area contributed by atoms with Gasteiger partial charge in [-0.2, -0.15) is 0 Å². The molecule has 1 atom stereocenters. The summed E-state index contributed by atoms with van der Waals surface area (Å²) in [7, 11) is 0. The van der Waals surface area contributed by atoms with E-state index in [-0.39, 0.29) is 6.42 Å². The van der Waals surface area contributed by atoms with E-state index in [0.717, 1.165) is 6.07 Å². The molecular formula is C15H18F2N4OS2. The molecule has 0 radical (unpaired) electrons. The maximum atomic E-state index is 13.2. The van der Waals surface area contributed by atoms with Crippen LogP contribution < -0.4 is 5.32 Å². The minimum Gasteiger partial charge on any atom is -0.392 e. The molecule has 130 valence electrons. The Morgan fingerprint density at radius 2 is 2.00 bits per heavy atom. The summed E-state index contributed by atoms with van der Waals surface area (Å²) in [6.45, 7) is 4.67. The van der Waals surface area contributed by atoms with Crippen LogP contribution in [0.3, 0.4) is 0 Å². The highest BCUT2D eigenvalue weighted by Gasteiger charge is 2.13. The molecule has 0 amide bonds. The van der Waals surface area contributed by atoms with Gasteiger partial charge < -0.3 is 15.3 Å². The predicted molar refractivity (Wildman–Crippen MR) is 94.2 cm³/mol. The molecule has 0 fully saturated rings. The van der Waals surface area contributed by atoms with Crippen LogP contribution in [0.1, 0.15) is 24.4 Å². The van der Waals surface area contributed by atoms with Crippen molar-refractivity contribution in [1.82, 2.24) is 15.1 Å². The SMILES string of the molecule is CCN(C[C@H](C)O)C(=S)Nc1nnc(Cc2cc(F)cc(F)c2)s1. The van der Waals surface area contributed by atoms with Crippen LogP contribution >= 0.6 is 23.6 Å². The molecule has 0 aliphatic carbocycles. The molecule has 0 spiro atoms. The lowest BCUT2D eigenvalue weighted by molar-refractivity contribution is 0.162. The van der Waals surface area contributed by atoms with Crippen LogP contribution in [0.2, 0.25) is 0 Å². The first-order valence-electron chi connectivity index (χ1n) is 7.38. The van der Waals surface area contributed by atoms with Crippen LogP contribution in [-0.2, 0) is 6.42 Å². The summed E-state index contributed by atoms with van der Waals surface area (Å²) in [4.78, 5) is 1.81. The van der Waals surface area contributed by atoms with Gasteiger partial charge in [0.1, 0.15) is 16.6 Å². The average Bonchev–Trinajstić information content (AvgIpc) is 2.90. The third-order valence-electron chi connectivity index (χ3n) is 3.11. The van der Waals surface area contributed by atoms with Crippen LogP contribution in [0, 0.1) is 11.6 Å². The quantitative estimate of drug-likeness (QED) is 0.761. The van der Waals surface area contributed by atoms with E-state index >= 15 is 0 Å². The van der Waals surface area contributed by atoms with Crippen molar-refractivity contribution in [2.24, 2.45) is 0 Å². The second kappa shape index (κ2) is 8.41. The number of nitrogens with zero attached hydrogens (tertiary/aromatic N) is 3. The Balaban J connectivity index is 2.01. The number of aliphatic hydroxyl groups is 1. The number of hydrogen-bond acceptors (Lipinski definition) is 5. The van der Waals surface area contributed by atoms with Gasteiger partial charge in [0.2, 0.25) is 5.13 Å². The van der Waals surface area contributed by atoms with Gasteiger partial charge in [-0.05, 0) is 43.8 Å². The van der Waals surface area contributed by atoms with Gasteiger partial charge in [-0.15, -0.1) is 10.2 Å². The van der Waals surface area contributed by atoms with E-state index in [2.05, 4.69) is 15.5 Å². The average molecular weight is 372 g/mol. The van der Waals surface area contributed by atoms with Crippen molar-refractivity contribution in [3.05, 3.63) is 40.4 Å². The van der Waals surface area contributed by atoms with Gasteiger partial charge in [0, 0.05) is 25.6 Å². The van der Waals surface area contributed by atoms with Gasteiger partial charge in [-0.3, -0.25) is 0 Å². The number of thiocarbonyl (C=S) groups is 1. The number of anilines is 1. The van der Waals surface area contributed by atoms with Crippen LogP contribution in [-0.4, -0.2) is 44.5 Å². The second-order valence-corrected chi connectivity index (χ2v) is 6.72. The number of hydrogen-bond donors (Lipinski definition) is 2. The van der Waals surface area contributed by atoms with Crippen LogP contribution in [0.15, 0.2) is 18.2 Å². The fourth-order valence-corrected chi connectivity index (χ4v) is 3.25. The molecule has 0 saturated carbocycles. The first-order chi connectivity index (χ1) is 11.4. The number of halogens is 2. The molecule has 5 nitrogen and oxygen atoms in total. The van der Waals surface area contributed by atoms with Gasteiger partial charge in [0.25, 0.3) is 0 Å². The predicted octanol–water partition coefficient (Wildman–Crippen LogP) is 2.81. The van der Waals surface area contributed by atoms with Crippen molar-refractivity contribution in [2.45, 2.75) is 26.4 Å². The van der Waals surface area contributed by atoms with Gasteiger partial charge in [-0.1, -0.05) is 11.3 Å². The van der Waals surface area contributed by atoms with E-state index < -0.39 is 17.7 Å². The van der Waals surface area contributed by atoms with Crippen molar-refractivity contribution in [3.63, 3.8) is 0 Å². The smallest absolute Gasteiger partial charge is 0.211 e. The molecule has 1 aromatic carbocycles. The second-order valence-electron chi connectivity index (χ2n) is 5.27.